The van der Waals surface area contributed by atoms with E-state index in [1.54, 1.807) is 0 Å². The lowest BCUT2D eigenvalue weighted by atomic mass is 10.00. The summed E-state index contributed by atoms with van der Waals surface area (Å²) in [4.78, 5) is 11.7. The number of carboxylic acids is 1. The Balaban J connectivity index is 1.76. The maximum atomic E-state index is 11.7. The van der Waals surface area contributed by atoms with Crippen molar-refractivity contribution in [3.63, 3.8) is 0 Å². The molecule has 0 aliphatic rings. The lowest BCUT2D eigenvalue weighted by Gasteiger charge is -2.17. The summed E-state index contributed by atoms with van der Waals surface area (Å²) in [6.07, 6.45) is -0.582. The van der Waals surface area contributed by atoms with Gasteiger partial charge in [-0.2, -0.15) is 0 Å². The molecule has 0 aliphatic heterocycles. The van der Waals surface area contributed by atoms with E-state index in [0.717, 1.165) is 27.8 Å². The van der Waals surface area contributed by atoms with E-state index in [1.165, 1.54) is 0 Å². The van der Waals surface area contributed by atoms with Gasteiger partial charge in [0.2, 0.25) is 0 Å². The average molecular weight is 346 g/mol. The molecule has 3 rings (SSSR count). The van der Waals surface area contributed by atoms with E-state index in [0.29, 0.717) is 12.2 Å². The van der Waals surface area contributed by atoms with E-state index in [9.17, 15) is 9.90 Å². The Hall–Kier alpha value is -3.07. The van der Waals surface area contributed by atoms with Gasteiger partial charge in [0.1, 0.15) is 5.75 Å². The van der Waals surface area contributed by atoms with Gasteiger partial charge >= 0.3 is 5.97 Å². The van der Waals surface area contributed by atoms with Crippen LogP contribution >= 0.6 is 0 Å². The average Bonchev–Trinajstić information content (AvgIpc) is 2.65. The summed E-state index contributed by atoms with van der Waals surface area (Å²) >= 11 is 0. The van der Waals surface area contributed by atoms with Gasteiger partial charge in [-0.15, -0.1) is 0 Å². The second-order valence-electron chi connectivity index (χ2n) is 6.47. The van der Waals surface area contributed by atoms with Crippen molar-refractivity contribution in [1.82, 2.24) is 0 Å². The van der Waals surface area contributed by atoms with Crippen LogP contribution in [0.25, 0.3) is 11.1 Å². The van der Waals surface area contributed by atoms with Gasteiger partial charge in [0.25, 0.3) is 0 Å². The van der Waals surface area contributed by atoms with E-state index in [-0.39, 0.29) is 0 Å². The third-order valence-corrected chi connectivity index (χ3v) is 4.43. The van der Waals surface area contributed by atoms with Crippen LogP contribution in [0.2, 0.25) is 0 Å². The predicted octanol–water partition coefficient (Wildman–Crippen LogP) is 5.05. The van der Waals surface area contributed by atoms with Crippen LogP contribution in [0.3, 0.4) is 0 Å². The Bertz CT molecular complexity index is 883. The number of aliphatic carboxylic acids is 1. The topological polar surface area (TPSA) is 46.5 Å². The van der Waals surface area contributed by atoms with Gasteiger partial charge in [-0.25, -0.2) is 4.79 Å². The number of benzene rings is 3. The monoisotopic (exact) mass is 346 g/mol. The molecular formula is C23H22O3. The Labute approximate surface area is 153 Å². The lowest BCUT2D eigenvalue weighted by Crippen LogP contribution is -2.29. The van der Waals surface area contributed by atoms with Crippen LogP contribution in [0, 0.1) is 13.8 Å². The molecule has 0 aliphatic carbocycles. The standard InChI is InChI=1S/C23H22O3/c1-16-8-9-17(2)20(14-16)15-22(23(24)25)26-21-12-10-19(11-13-21)18-6-4-3-5-7-18/h3-14,22H,15H2,1-2H3,(H,24,25)/t22-/m0/s1. The number of rotatable bonds is 6. The number of aryl methyl sites for hydroxylation is 2. The third kappa shape index (κ3) is 4.31. The summed E-state index contributed by atoms with van der Waals surface area (Å²) in [5.41, 5.74) is 5.37. The summed E-state index contributed by atoms with van der Waals surface area (Å²) in [5, 5.41) is 9.56. The number of hydrogen-bond acceptors (Lipinski definition) is 2. The van der Waals surface area contributed by atoms with E-state index >= 15 is 0 Å². The Morgan fingerprint density at radius 3 is 2.23 bits per heavy atom. The van der Waals surface area contributed by atoms with Gasteiger partial charge in [-0.1, -0.05) is 66.2 Å². The molecule has 3 heteroatoms. The first-order valence-electron chi connectivity index (χ1n) is 8.64. The summed E-state index contributed by atoms with van der Waals surface area (Å²) < 4.78 is 5.77. The minimum Gasteiger partial charge on any atom is -0.478 e. The minimum absolute atomic E-state index is 0.337. The summed E-state index contributed by atoms with van der Waals surface area (Å²) in [6, 6.07) is 23.6. The van der Waals surface area contributed by atoms with E-state index in [4.69, 9.17) is 4.74 Å². The van der Waals surface area contributed by atoms with Gasteiger partial charge in [0, 0.05) is 6.42 Å². The largest absolute Gasteiger partial charge is 0.478 e. The first-order chi connectivity index (χ1) is 12.5. The van der Waals surface area contributed by atoms with Gasteiger partial charge in [0.05, 0.1) is 0 Å². The molecule has 3 aromatic rings. The molecule has 0 radical (unpaired) electrons. The molecule has 26 heavy (non-hydrogen) atoms. The number of carbonyl (C=O) groups is 1. The van der Waals surface area contributed by atoms with Gasteiger partial charge in [0.15, 0.2) is 6.10 Å². The molecular weight excluding hydrogens is 324 g/mol. The van der Waals surface area contributed by atoms with Crippen LogP contribution in [0.15, 0.2) is 72.8 Å². The van der Waals surface area contributed by atoms with Crippen LogP contribution in [0.5, 0.6) is 5.75 Å². The number of carboxylic acid groups (broad SMARTS) is 1. The van der Waals surface area contributed by atoms with Crippen molar-refractivity contribution < 1.29 is 14.6 Å². The number of ether oxygens (including phenoxy) is 1. The molecule has 0 spiro atoms. The zero-order chi connectivity index (χ0) is 18.5. The Kier molecular flexibility index (Phi) is 5.37. The van der Waals surface area contributed by atoms with E-state index in [1.807, 2.05) is 86.6 Å². The third-order valence-electron chi connectivity index (χ3n) is 4.43. The first-order valence-corrected chi connectivity index (χ1v) is 8.64. The molecule has 3 nitrogen and oxygen atoms in total. The SMILES string of the molecule is Cc1ccc(C)c(C[C@H](Oc2ccc(-c3ccccc3)cc2)C(=O)O)c1. The zero-order valence-electron chi connectivity index (χ0n) is 15.0. The highest BCUT2D eigenvalue weighted by atomic mass is 16.5. The molecule has 0 aromatic heterocycles. The highest BCUT2D eigenvalue weighted by Crippen LogP contribution is 2.23. The molecule has 1 N–H and O–H groups in total. The maximum absolute atomic E-state index is 11.7. The molecule has 1 atom stereocenters. The lowest BCUT2D eigenvalue weighted by molar-refractivity contribution is -0.145. The fourth-order valence-corrected chi connectivity index (χ4v) is 2.92. The Morgan fingerprint density at radius 1 is 0.923 bits per heavy atom. The van der Waals surface area contributed by atoms with Crippen LogP contribution in [-0.4, -0.2) is 17.2 Å². The second kappa shape index (κ2) is 7.87. The van der Waals surface area contributed by atoms with Crippen molar-refractivity contribution >= 4 is 5.97 Å². The Morgan fingerprint density at radius 2 is 1.58 bits per heavy atom. The highest BCUT2D eigenvalue weighted by Gasteiger charge is 2.21. The van der Waals surface area contributed by atoms with Crippen LogP contribution in [0.4, 0.5) is 0 Å². The van der Waals surface area contributed by atoms with E-state index < -0.39 is 12.1 Å². The fraction of sp³-hybridized carbons (Fsp3) is 0.174. The van der Waals surface area contributed by atoms with Crippen LogP contribution in [-0.2, 0) is 11.2 Å². The molecule has 0 amide bonds. The highest BCUT2D eigenvalue weighted by molar-refractivity contribution is 5.73. The molecule has 0 heterocycles. The van der Waals surface area contributed by atoms with Crippen molar-refractivity contribution in [3.05, 3.63) is 89.5 Å². The van der Waals surface area contributed by atoms with Crippen molar-refractivity contribution in [2.75, 3.05) is 0 Å². The second-order valence-corrected chi connectivity index (χ2v) is 6.47. The predicted molar refractivity (Wildman–Crippen MR) is 104 cm³/mol. The first kappa shape index (κ1) is 17.7. The van der Waals surface area contributed by atoms with E-state index in [2.05, 4.69) is 0 Å². The van der Waals surface area contributed by atoms with Crippen molar-refractivity contribution in [2.45, 2.75) is 26.4 Å². The summed E-state index contributed by atoms with van der Waals surface area (Å²) in [7, 11) is 0. The van der Waals surface area contributed by atoms with Gasteiger partial charge < -0.3 is 9.84 Å². The molecule has 3 aromatic carbocycles. The summed E-state index contributed by atoms with van der Waals surface area (Å²) in [6.45, 7) is 3.99. The van der Waals surface area contributed by atoms with Crippen LogP contribution < -0.4 is 4.74 Å². The molecule has 0 saturated heterocycles. The zero-order valence-corrected chi connectivity index (χ0v) is 15.0. The quantitative estimate of drug-likeness (QED) is 0.680. The molecule has 132 valence electrons. The molecule has 0 fully saturated rings. The van der Waals surface area contributed by atoms with Crippen molar-refractivity contribution in [3.8, 4) is 16.9 Å². The van der Waals surface area contributed by atoms with Crippen molar-refractivity contribution in [1.29, 1.82) is 0 Å². The smallest absolute Gasteiger partial charge is 0.345 e. The molecule has 0 bridgehead atoms. The molecule has 0 unspecified atom stereocenters. The van der Waals surface area contributed by atoms with Crippen LogP contribution in [0.1, 0.15) is 16.7 Å². The van der Waals surface area contributed by atoms with Crippen molar-refractivity contribution in [2.24, 2.45) is 0 Å². The number of hydrogen-bond donors (Lipinski definition) is 1. The summed E-state index contributed by atoms with van der Waals surface area (Å²) in [5.74, 6) is -0.402. The normalized spacial score (nSPS) is 11.8. The van der Waals surface area contributed by atoms with Gasteiger partial charge in [-0.05, 0) is 48.2 Å². The fourth-order valence-electron chi connectivity index (χ4n) is 2.92. The molecule has 0 saturated carbocycles. The van der Waals surface area contributed by atoms with Gasteiger partial charge in [-0.3, -0.25) is 0 Å². The maximum Gasteiger partial charge on any atom is 0.345 e. The minimum atomic E-state index is -0.960.